The second-order valence-electron chi connectivity index (χ2n) is 5.18. The number of pyridine rings is 1. The number of nitrogens with two attached hydrogens (primary N) is 1. The number of hydrazine groups is 1. The zero-order chi connectivity index (χ0) is 13.3. The van der Waals surface area contributed by atoms with Crippen molar-refractivity contribution >= 4 is 10.9 Å². The molecular weight excluding hydrogens is 238 g/mol. The van der Waals surface area contributed by atoms with E-state index in [-0.39, 0.29) is 11.6 Å². The molecule has 1 saturated carbocycles. The molecule has 1 aromatic carbocycles. The first kappa shape index (κ1) is 12.5. The number of ether oxygens (including phenoxy) is 1. The first-order valence-electron chi connectivity index (χ1n) is 6.65. The highest BCUT2D eigenvalue weighted by atomic mass is 16.5. The Labute approximate surface area is 112 Å². The maximum absolute atomic E-state index is 5.76. The molecule has 1 heterocycles. The van der Waals surface area contributed by atoms with Crippen LogP contribution in [0.2, 0.25) is 0 Å². The summed E-state index contributed by atoms with van der Waals surface area (Å²) in [6.07, 6.45) is 5.15. The monoisotopic (exact) mass is 257 g/mol. The van der Waals surface area contributed by atoms with Gasteiger partial charge in [-0.25, -0.2) is 0 Å². The predicted octanol–water partition coefficient (Wildman–Crippen LogP) is 2.31. The number of rotatable bonds is 4. The van der Waals surface area contributed by atoms with Crippen LogP contribution in [-0.4, -0.2) is 17.7 Å². The third-order valence-electron chi connectivity index (χ3n) is 4.24. The molecule has 3 rings (SSSR count). The molecule has 0 spiro atoms. The van der Waals surface area contributed by atoms with Gasteiger partial charge < -0.3 is 4.74 Å². The van der Waals surface area contributed by atoms with Gasteiger partial charge in [0.1, 0.15) is 0 Å². The van der Waals surface area contributed by atoms with E-state index in [0.29, 0.717) is 0 Å². The van der Waals surface area contributed by atoms with Gasteiger partial charge in [-0.3, -0.25) is 16.3 Å². The first-order chi connectivity index (χ1) is 9.29. The average molecular weight is 257 g/mol. The Morgan fingerprint density at radius 1 is 1.37 bits per heavy atom. The Bertz CT molecular complexity index is 575. The lowest BCUT2D eigenvalue weighted by Gasteiger charge is -2.46. The molecule has 0 radical (unpaired) electrons. The summed E-state index contributed by atoms with van der Waals surface area (Å²) in [5.41, 5.74) is 4.82. The molecule has 4 nitrogen and oxygen atoms in total. The van der Waals surface area contributed by atoms with Crippen molar-refractivity contribution in [3.8, 4) is 0 Å². The number of para-hydroxylation sites is 1. The average Bonchev–Trinajstić information content (AvgIpc) is 2.42. The van der Waals surface area contributed by atoms with Crippen LogP contribution >= 0.6 is 0 Å². The lowest BCUT2D eigenvalue weighted by atomic mass is 9.72. The van der Waals surface area contributed by atoms with Gasteiger partial charge in [0.2, 0.25) is 0 Å². The first-order valence-corrected chi connectivity index (χ1v) is 6.65. The van der Waals surface area contributed by atoms with Crippen LogP contribution < -0.4 is 11.3 Å². The van der Waals surface area contributed by atoms with E-state index in [1.54, 1.807) is 7.11 Å². The molecule has 100 valence electrons. The lowest BCUT2D eigenvalue weighted by molar-refractivity contribution is -0.0999. The van der Waals surface area contributed by atoms with Crippen LogP contribution in [0.1, 0.15) is 30.9 Å². The Balaban J connectivity index is 2.01. The van der Waals surface area contributed by atoms with Gasteiger partial charge in [0.15, 0.2) is 0 Å². The molecule has 2 aromatic rings. The van der Waals surface area contributed by atoms with Crippen molar-refractivity contribution in [1.82, 2.24) is 10.4 Å². The zero-order valence-electron chi connectivity index (χ0n) is 11.1. The number of nitrogens with zero attached hydrogens (tertiary/aromatic N) is 1. The van der Waals surface area contributed by atoms with E-state index >= 15 is 0 Å². The SMILES string of the molecule is COC1(C(NN)c2cnc3ccccc3c2)CCC1. The van der Waals surface area contributed by atoms with E-state index < -0.39 is 0 Å². The largest absolute Gasteiger partial charge is 0.376 e. The molecule has 19 heavy (non-hydrogen) atoms. The van der Waals surface area contributed by atoms with Crippen molar-refractivity contribution in [3.63, 3.8) is 0 Å². The summed E-state index contributed by atoms with van der Waals surface area (Å²) in [6, 6.07) is 10.2. The van der Waals surface area contributed by atoms with Crippen molar-refractivity contribution < 1.29 is 4.74 Å². The van der Waals surface area contributed by atoms with Crippen LogP contribution in [0.25, 0.3) is 10.9 Å². The predicted molar refractivity (Wildman–Crippen MR) is 75.4 cm³/mol. The van der Waals surface area contributed by atoms with Gasteiger partial charge in [0.05, 0.1) is 17.2 Å². The molecule has 0 amide bonds. The van der Waals surface area contributed by atoms with Crippen LogP contribution in [0, 0.1) is 0 Å². The number of hydrogen-bond acceptors (Lipinski definition) is 4. The van der Waals surface area contributed by atoms with E-state index in [2.05, 4.69) is 22.5 Å². The minimum atomic E-state index is -0.182. The molecule has 1 aliphatic rings. The van der Waals surface area contributed by atoms with Gasteiger partial charge >= 0.3 is 0 Å². The highest BCUT2D eigenvalue weighted by molar-refractivity contribution is 5.78. The van der Waals surface area contributed by atoms with Gasteiger partial charge in [0.25, 0.3) is 0 Å². The zero-order valence-corrected chi connectivity index (χ0v) is 11.1. The molecule has 3 N–H and O–H groups in total. The summed E-state index contributed by atoms with van der Waals surface area (Å²) in [4.78, 5) is 4.51. The third kappa shape index (κ3) is 2.02. The summed E-state index contributed by atoms with van der Waals surface area (Å²) in [5, 5.41) is 1.13. The van der Waals surface area contributed by atoms with Crippen molar-refractivity contribution in [1.29, 1.82) is 0 Å². The summed E-state index contributed by atoms with van der Waals surface area (Å²) in [5.74, 6) is 5.76. The molecular formula is C15H19N3O. The molecule has 1 atom stereocenters. The minimum absolute atomic E-state index is 0.0108. The van der Waals surface area contributed by atoms with Gasteiger partial charge in [-0.15, -0.1) is 0 Å². The topological polar surface area (TPSA) is 60.2 Å². The third-order valence-corrected chi connectivity index (χ3v) is 4.24. The molecule has 1 fully saturated rings. The number of nitrogens with one attached hydrogen (secondary N) is 1. The molecule has 1 aliphatic carbocycles. The fourth-order valence-corrected chi connectivity index (χ4v) is 2.93. The van der Waals surface area contributed by atoms with Crippen molar-refractivity contribution in [2.24, 2.45) is 5.84 Å². The van der Waals surface area contributed by atoms with Gasteiger partial charge in [-0.1, -0.05) is 18.2 Å². The molecule has 0 bridgehead atoms. The second-order valence-corrected chi connectivity index (χ2v) is 5.18. The maximum Gasteiger partial charge on any atom is 0.0886 e. The Hall–Kier alpha value is -1.49. The fourth-order valence-electron chi connectivity index (χ4n) is 2.93. The van der Waals surface area contributed by atoms with Crippen LogP contribution in [0.15, 0.2) is 36.5 Å². The standard InChI is InChI=1S/C15H19N3O/c1-19-15(7-4-8-15)14(18-16)12-9-11-5-2-3-6-13(11)17-10-12/h2-3,5-6,9-10,14,18H,4,7-8,16H2,1H3. The van der Waals surface area contributed by atoms with Crippen LogP contribution in [-0.2, 0) is 4.74 Å². The normalized spacial score (nSPS) is 19.1. The summed E-state index contributed by atoms with van der Waals surface area (Å²) >= 11 is 0. The van der Waals surface area contributed by atoms with Gasteiger partial charge in [0, 0.05) is 18.7 Å². The van der Waals surface area contributed by atoms with E-state index in [0.717, 1.165) is 29.3 Å². The minimum Gasteiger partial charge on any atom is -0.376 e. The van der Waals surface area contributed by atoms with Crippen LogP contribution in [0.3, 0.4) is 0 Å². The van der Waals surface area contributed by atoms with Crippen molar-refractivity contribution in [2.45, 2.75) is 30.9 Å². The van der Waals surface area contributed by atoms with Crippen LogP contribution in [0.4, 0.5) is 0 Å². The summed E-state index contributed by atoms with van der Waals surface area (Å²) in [7, 11) is 1.76. The number of benzene rings is 1. The van der Waals surface area contributed by atoms with E-state index in [4.69, 9.17) is 10.6 Å². The van der Waals surface area contributed by atoms with E-state index in [1.165, 1.54) is 6.42 Å². The quantitative estimate of drug-likeness (QED) is 0.652. The highest BCUT2D eigenvalue weighted by Gasteiger charge is 2.45. The van der Waals surface area contributed by atoms with E-state index in [1.807, 2.05) is 24.4 Å². The smallest absolute Gasteiger partial charge is 0.0886 e. The van der Waals surface area contributed by atoms with Gasteiger partial charge in [-0.2, -0.15) is 0 Å². The molecule has 0 aliphatic heterocycles. The Morgan fingerprint density at radius 3 is 2.79 bits per heavy atom. The van der Waals surface area contributed by atoms with Crippen molar-refractivity contribution in [3.05, 3.63) is 42.1 Å². The van der Waals surface area contributed by atoms with E-state index in [9.17, 15) is 0 Å². The number of methoxy groups -OCH3 is 1. The summed E-state index contributed by atoms with van der Waals surface area (Å²) in [6.45, 7) is 0. The molecule has 1 unspecified atom stereocenters. The Morgan fingerprint density at radius 2 is 2.16 bits per heavy atom. The summed E-state index contributed by atoms with van der Waals surface area (Å²) < 4.78 is 5.72. The molecule has 0 saturated heterocycles. The van der Waals surface area contributed by atoms with Crippen LogP contribution in [0.5, 0.6) is 0 Å². The van der Waals surface area contributed by atoms with Crippen molar-refractivity contribution in [2.75, 3.05) is 7.11 Å². The maximum atomic E-state index is 5.76. The molecule has 1 aromatic heterocycles. The fraction of sp³-hybridized carbons (Fsp3) is 0.400. The second kappa shape index (κ2) is 4.89. The number of aromatic nitrogens is 1. The lowest BCUT2D eigenvalue weighted by Crippen LogP contribution is -2.52. The Kier molecular flexibility index (Phi) is 3.22. The number of hydrogen-bond donors (Lipinski definition) is 2. The highest BCUT2D eigenvalue weighted by Crippen LogP contribution is 2.44. The van der Waals surface area contributed by atoms with Gasteiger partial charge in [-0.05, 0) is 37.0 Å². The number of fused-ring (bicyclic) bond motifs is 1. The molecule has 4 heteroatoms.